The molecule has 2 aromatic rings. The van der Waals surface area contributed by atoms with E-state index in [2.05, 4.69) is 17.1 Å². The van der Waals surface area contributed by atoms with Crippen LogP contribution in [0.5, 0.6) is 0 Å². The highest BCUT2D eigenvalue weighted by atomic mass is 32.2. The molecule has 132 valence electrons. The molecule has 26 heavy (non-hydrogen) atoms. The van der Waals surface area contributed by atoms with Crippen molar-refractivity contribution in [2.45, 2.75) is 10.8 Å². The minimum Gasteiger partial charge on any atom is -0.481 e. The number of fused-ring (bicyclic) bond motifs is 6. The molecule has 2 bridgehead atoms. The summed E-state index contributed by atoms with van der Waals surface area (Å²) in [6.07, 6.45) is 5.08. The molecule has 0 spiro atoms. The van der Waals surface area contributed by atoms with Crippen molar-refractivity contribution >= 4 is 56.8 Å². The summed E-state index contributed by atoms with van der Waals surface area (Å²) >= 11 is 2.54. The molecule has 1 aromatic carbocycles. The first-order valence-electron chi connectivity index (χ1n) is 8.34. The normalized spacial score (nSPS) is 29.2. The lowest BCUT2D eigenvalue weighted by molar-refractivity contribution is -0.134. The number of carboxylic acids is 1. The largest absolute Gasteiger partial charge is 0.481 e. The van der Waals surface area contributed by atoms with Gasteiger partial charge in [0.15, 0.2) is 4.34 Å². The Labute approximate surface area is 156 Å². The number of nitrogens with zero attached hydrogens (tertiary/aromatic N) is 2. The van der Waals surface area contributed by atoms with Crippen LogP contribution in [0.25, 0.3) is 10.2 Å². The van der Waals surface area contributed by atoms with Gasteiger partial charge in [0.2, 0.25) is 11.8 Å². The molecule has 2 fully saturated rings. The molecular formula is C18H14N2O4S2. The molecule has 1 saturated heterocycles. The Balaban J connectivity index is 1.47. The first-order chi connectivity index (χ1) is 12.5. The van der Waals surface area contributed by atoms with Crippen molar-refractivity contribution in [1.82, 2.24) is 4.98 Å². The lowest BCUT2D eigenvalue weighted by atomic mass is 9.85. The number of imide groups is 1. The summed E-state index contributed by atoms with van der Waals surface area (Å²) in [7, 11) is 0. The average Bonchev–Trinajstić information content (AvgIpc) is 3.35. The van der Waals surface area contributed by atoms with Crippen LogP contribution in [0.3, 0.4) is 0 Å². The van der Waals surface area contributed by atoms with E-state index in [0.29, 0.717) is 10.0 Å². The highest BCUT2D eigenvalue weighted by molar-refractivity contribution is 8.01. The number of aliphatic carboxylic acids is 1. The van der Waals surface area contributed by atoms with Crippen LogP contribution in [0.2, 0.25) is 0 Å². The van der Waals surface area contributed by atoms with Gasteiger partial charge in [0.1, 0.15) is 0 Å². The molecule has 1 saturated carbocycles. The molecule has 0 unspecified atom stereocenters. The number of thiazole rings is 1. The summed E-state index contributed by atoms with van der Waals surface area (Å²) in [4.78, 5) is 42.2. The topological polar surface area (TPSA) is 87.6 Å². The summed E-state index contributed by atoms with van der Waals surface area (Å²) in [5.41, 5.74) is 1.33. The van der Waals surface area contributed by atoms with E-state index in [0.717, 1.165) is 16.6 Å². The first-order valence-corrected chi connectivity index (χ1v) is 10.1. The quantitative estimate of drug-likeness (QED) is 0.494. The Kier molecular flexibility index (Phi) is 3.48. The van der Waals surface area contributed by atoms with Crippen molar-refractivity contribution in [3.8, 4) is 0 Å². The standard InChI is InChI=1S/C18H14N2O4S2/c21-13(22)7-25-18-19-11-4-3-10(6-12(11)26-18)20-16(23)14-8-1-2-9(5-8)15(14)17(20)24/h1-4,6,8-9,14-15H,5,7H2,(H,21,22)/t8-,9+,14-,15+. The Hall–Kier alpha value is -2.19. The van der Waals surface area contributed by atoms with Gasteiger partial charge in [-0.15, -0.1) is 11.3 Å². The van der Waals surface area contributed by atoms with E-state index in [1.54, 1.807) is 12.1 Å². The Morgan fingerprint density at radius 3 is 2.58 bits per heavy atom. The number of hydrogen-bond donors (Lipinski definition) is 1. The van der Waals surface area contributed by atoms with Crippen LogP contribution in [-0.2, 0) is 14.4 Å². The van der Waals surface area contributed by atoms with Gasteiger partial charge < -0.3 is 5.11 Å². The highest BCUT2D eigenvalue weighted by Gasteiger charge is 2.59. The molecule has 2 aliphatic carbocycles. The zero-order valence-electron chi connectivity index (χ0n) is 13.5. The number of allylic oxidation sites excluding steroid dienone is 2. The first kappa shape index (κ1) is 16.0. The molecule has 8 heteroatoms. The third-order valence-electron chi connectivity index (χ3n) is 5.40. The van der Waals surface area contributed by atoms with Crippen LogP contribution in [-0.4, -0.2) is 33.6 Å². The van der Waals surface area contributed by atoms with Crippen molar-refractivity contribution in [3.63, 3.8) is 0 Å². The molecule has 1 N–H and O–H groups in total. The predicted octanol–water partition coefficient (Wildman–Crippen LogP) is 2.78. The Bertz CT molecular complexity index is 968. The third kappa shape index (κ3) is 2.25. The number of thioether (sulfide) groups is 1. The molecule has 1 aromatic heterocycles. The summed E-state index contributed by atoms with van der Waals surface area (Å²) in [6.45, 7) is 0. The number of amides is 2. The summed E-state index contributed by atoms with van der Waals surface area (Å²) in [5.74, 6) is -1.17. The number of carboxylic acid groups (broad SMARTS) is 1. The molecule has 1 aliphatic heterocycles. The van der Waals surface area contributed by atoms with Crippen molar-refractivity contribution in [2.24, 2.45) is 23.7 Å². The second-order valence-electron chi connectivity index (χ2n) is 6.83. The number of benzene rings is 1. The van der Waals surface area contributed by atoms with Crippen LogP contribution >= 0.6 is 23.1 Å². The minimum absolute atomic E-state index is 0.0467. The highest BCUT2D eigenvalue weighted by Crippen LogP contribution is 2.53. The molecular weight excluding hydrogens is 372 g/mol. The fraction of sp³-hybridized carbons (Fsp3) is 0.333. The number of carbonyl (C=O) groups excluding carboxylic acids is 2. The van der Waals surface area contributed by atoms with E-state index in [1.165, 1.54) is 28.0 Å². The van der Waals surface area contributed by atoms with Gasteiger partial charge in [0, 0.05) is 0 Å². The molecule has 4 atom stereocenters. The van der Waals surface area contributed by atoms with Gasteiger partial charge in [-0.3, -0.25) is 14.4 Å². The van der Waals surface area contributed by atoms with E-state index in [-0.39, 0.29) is 41.2 Å². The number of carbonyl (C=O) groups is 3. The van der Waals surface area contributed by atoms with Crippen LogP contribution in [0.15, 0.2) is 34.7 Å². The Morgan fingerprint density at radius 2 is 1.92 bits per heavy atom. The van der Waals surface area contributed by atoms with Crippen LogP contribution in [0.4, 0.5) is 5.69 Å². The predicted molar refractivity (Wildman–Crippen MR) is 98.2 cm³/mol. The average molecular weight is 386 g/mol. The summed E-state index contributed by atoms with van der Waals surface area (Å²) in [5, 5.41) is 8.79. The zero-order valence-corrected chi connectivity index (χ0v) is 15.1. The maximum Gasteiger partial charge on any atom is 0.313 e. The van der Waals surface area contributed by atoms with Gasteiger partial charge in [0.05, 0.1) is 33.5 Å². The number of aromatic nitrogens is 1. The molecule has 2 amide bonds. The summed E-state index contributed by atoms with van der Waals surface area (Å²) < 4.78 is 1.51. The Morgan fingerprint density at radius 1 is 1.23 bits per heavy atom. The lowest BCUT2D eigenvalue weighted by Gasteiger charge is -2.17. The van der Waals surface area contributed by atoms with Crippen molar-refractivity contribution < 1.29 is 19.5 Å². The number of rotatable bonds is 4. The van der Waals surface area contributed by atoms with Crippen LogP contribution in [0, 0.1) is 23.7 Å². The fourth-order valence-electron chi connectivity index (χ4n) is 4.37. The van der Waals surface area contributed by atoms with Gasteiger partial charge in [-0.2, -0.15) is 0 Å². The van der Waals surface area contributed by atoms with E-state index < -0.39 is 5.97 Å². The monoisotopic (exact) mass is 386 g/mol. The fourth-order valence-corrected chi connectivity index (χ4v) is 6.19. The van der Waals surface area contributed by atoms with E-state index in [1.807, 2.05) is 6.07 Å². The molecule has 6 nitrogen and oxygen atoms in total. The van der Waals surface area contributed by atoms with Gasteiger partial charge in [0.25, 0.3) is 0 Å². The van der Waals surface area contributed by atoms with Gasteiger partial charge in [-0.25, -0.2) is 9.88 Å². The number of hydrogen-bond acceptors (Lipinski definition) is 6. The SMILES string of the molecule is O=C(O)CSc1nc2ccc(N3C(=O)[C@@H]4[C@H](C3=O)[C@@H]3C=C[C@H]4C3)cc2s1. The molecule has 3 aliphatic rings. The van der Waals surface area contributed by atoms with Gasteiger partial charge in [-0.1, -0.05) is 23.9 Å². The maximum absolute atomic E-state index is 12.9. The summed E-state index contributed by atoms with van der Waals surface area (Å²) in [6, 6.07) is 5.34. The van der Waals surface area contributed by atoms with Crippen molar-refractivity contribution in [3.05, 3.63) is 30.4 Å². The second kappa shape index (κ2) is 5.65. The van der Waals surface area contributed by atoms with E-state index in [9.17, 15) is 14.4 Å². The second-order valence-corrected chi connectivity index (χ2v) is 9.08. The minimum atomic E-state index is -0.891. The molecule has 5 rings (SSSR count). The van der Waals surface area contributed by atoms with E-state index >= 15 is 0 Å². The maximum atomic E-state index is 12.9. The smallest absolute Gasteiger partial charge is 0.313 e. The van der Waals surface area contributed by atoms with Crippen molar-refractivity contribution in [1.29, 1.82) is 0 Å². The third-order valence-corrected chi connectivity index (χ3v) is 7.55. The molecule has 0 radical (unpaired) electrons. The van der Waals surface area contributed by atoms with Crippen LogP contribution < -0.4 is 4.90 Å². The van der Waals surface area contributed by atoms with E-state index in [4.69, 9.17) is 5.11 Å². The van der Waals surface area contributed by atoms with Crippen LogP contribution in [0.1, 0.15) is 6.42 Å². The van der Waals surface area contributed by atoms with Gasteiger partial charge >= 0.3 is 5.97 Å². The zero-order chi connectivity index (χ0) is 18.0. The number of anilines is 1. The van der Waals surface area contributed by atoms with Gasteiger partial charge in [-0.05, 0) is 36.5 Å². The van der Waals surface area contributed by atoms with Crippen molar-refractivity contribution in [2.75, 3.05) is 10.7 Å². The lowest BCUT2D eigenvalue weighted by Crippen LogP contribution is -2.32. The molecule has 2 heterocycles.